The normalized spacial score (nSPS) is 7.56. The predicted octanol–water partition coefficient (Wildman–Crippen LogP) is 1.50. The molecule has 1 radical (unpaired) electrons. The molecule has 0 spiro atoms. The monoisotopic (exact) mass is 245 g/mol. The van der Waals surface area contributed by atoms with Crippen molar-refractivity contribution in [2.24, 2.45) is 0 Å². The fraction of sp³-hybridized carbons (Fsp3) is 0. The third kappa shape index (κ3) is 2.94. The van der Waals surface area contributed by atoms with Gasteiger partial charge in [-0.2, -0.15) is 0 Å². The van der Waals surface area contributed by atoms with E-state index in [0.717, 1.165) is 11.8 Å². The Hall–Kier alpha value is 0.0848. The van der Waals surface area contributed by atoms with Gasteiger partial charge in [0.15, 0.2) is 0 Å². The molecule has 0 bridgehead atoms. The van der Waals surface area contributed by atoms with Crippen LogP contribution in [0.4, 0.5) is 0 Å². The molecule has 0 amide bonds. The SMILES string of the molecule is O=Cc1ccccc1.[La]. The summed E-state index contributed by atoms with van der Waals surface area (Å²) in [5.41, 5.74) is 0.729. The molecular formula is C7H6LaO. The number of benzene rings is 1. The van der Waals surface area contributed by atoms with E-state index in [1.54, 1.807) is 12.1 Å². The number of hydrogen-bond donors (Lipinski definition) is 0. The zero-order valence-corrected chi connectivity index (χ0v) is 8.58. The fourth-order valence-electron chi connectivity index (χ4n) is 0.532. The predicted molar refractivity (Wildman–Crippen MR) is 31.8 cm³/mol. The molecule has 0 saturated heterocycles. The molecule has 1 nitrogen and oxygen atoms in total. The van der Waals surface area contributed by atoms with Gasteiger partial charge in [0, 0.05) is 41.2 Å². The van der Waals surface area contributed by atoms with E-state index >= 15 is 0 Å². The van der Waals surface area contributed by atoms with Gasteiger partial charge in [-0.3, -0.25) is 4.79 Å². The van der Waals surface area contributed by atoms with E-state index in [-0.39, 0.29) is 35.6 Å². The maximum atomic E-state index is 10.0. The molecule has 2 heteroatoms. The number of hydrogen-bond acceptors (Lipinski definition) is 1. The van der Waals surface area contributed by atoms with E-state index in [2.05, 4.69) is 0 Å². The average molecular weight is 245 g/mol. The third-order valence-electron chi connectivity index (χ3n) is 0.936. The minimum atomic E-state index is 0. The van der Waals surface area contributed by atoms with Gasteiger partial charge in [0.2, 0.25) is 0 Å². The Kier molecular flexibility index (Phi) is 4.96. The molecule has 0 saturated carbocycles. The van der Waals surface area contributed by atoms with Gasteiger partial charge in [0.25, 0.3) is 0 Å². The maximum Gasteiger partial charge on any atom is 0.150 e. The number of carbonyl (C=O) groups is 1. The van der Waals surface area contributed by atoms with Crippen LogP contribution in [-0.4, -0.2) is 6.29 Å². The van der Waals surface area contributed by atoms with Crippen LogP contribution in [0.25, 0.3) is 0 Å². The van der Waals surface area contributed by atoms with E-state index in [1.807, 2.05) is 18.2 Å². The van der Waals surface area contributed by atoms with E-state index in [1.165, 1.54) is 0 Å². The van der Waals surface area contributed by atoms with Crippen LogP contribution in [0.3, 0.4) is 0 Å². The summed E-state index contributed by atoms with van der Waals surface area (Å²) in [4.78, 5) is 10.0. The molecule has 0 heterocycles. The van der Waals surface area contributed by atoms with Gasteiger partial charge in [0.05, 0.1) is 0 Å². The van der Waals surface area contributed by atoms with Gasteiger partial charge in [0.1, 0.15) is 6.29 Å². The Labute approximate surface area is 82.1 Å². The molecule has 1 aromatic rings. The summed E-state index contributed by atoms with van der Waals surface area (Å²) in [6, 6.07) is 9.10. The molecule has 0 aliphatic rings. The van der Waals surface area contributed by atoms with E-state index in [0.29, 0.717) is 0 Å². The van der Waals surface area contributed by atoms with Crippen molar-refractivity contribution in [2.45, 2.75) is 0 Å². The van der Waals surface area contributed by atoms with Crippen LogP contribution in [0.2, 0.25) is 0 Å². The van der Waals surface area contributed by atoms with Crippen molar-refractivity contribution in [3.05, 3.63) is 35.9 Å². The van der Waals surface area contributed by atoms with Crippen LogP contribution in [0.5, 0.6) is 0 Å². The van der Waals surface area contributed by atoms with Crippen molar-refractivity contribution in [1.82, 2.24) is 0 Å². The van der Waals surface area contributed by atoms with Gasteiger partial charge in [-0.05, 0) is 0 Å². The Morgan fingerprint density at radius 1 is 1.11 bits per heavy atom. The molecule has 9 heavy (non-hydrogen) atoms. The molecule has 0 atom stereocenters. The van der Waals surface area contributed by atoms with Crippen molar-refractivity contribution in [3.8, 4) is 0 Å². The standard InChI is InChI=1S/C7H6O.La/c8-6-7-4-2-1-3-5-7;/h1-6H;. The molecule has 1 rings (SSSR count). The van der Waals surface area contributed by atoms with Gasteiger partial charge in [-0.25, -0.2) is 0 Å². The zero-order chi connectivity index (χ0) is 5.82. The fourth-order valence-corrected chi connectivity index (χ4v) is 0.532. The van der Waals surface area contributed by atoms with Crippen LogP contribution in [0.1, 0.15) is 10.4 Å². The van der Waals surface area contributed by atoms with Crippen LogP contribution in [-0.2, 0) is 0 Å². The Balaban J connectivity index is 0.000000640. The van der Waals surface area contributed by atoms with Gasteiger partial charge >= 0.3 is 0 Å². The minimum absolute atomic E-state index is 0. The van der Waals surface area contributed by atoms with Crippen molar-refractivity contribution < 1.29 is 40.4 Å². The van der Waals surface area contributed by atoms with Gasteiger partial charge < -0.3 is 0 Å². The average Bonchev–Trinajstić information content (AvgIpc) is 1.90. The largest absolute Gasteiger partial charge is 0.298 e. The molecule has 0 unspecified atom stereocenters. The first-order valence-corrected chi connectivity index (χ1v) is 2.44. The van der Waals surface area contributed by atoms with Crippen LogP contribution >= 0.6 is 0 Å². The second-order valence-corrected chi connectivity index (χ2v) is 1.53. The summed E-state index contributed by atoms with van der Waals surface area (Å²) in [6.45, 7) is 0. The van der Waals surface area contributed by atoms with Crippen molar-refractivity contribution in [3.63, 3.8) is 0 Å². The van der Waals surface area contributed by atoms with Crippen LogP contribution in [0, 0.1) is 35.6 Å². The van der Waals surface area contributed by atoms with Gasteiger partial charge in [-0.1, -0.05) is 30.3 Å². The zero-order valence-electron chi connectivity index (χ0n) is 4.95. The Bertz CT molecular complexity index is 172. The summed E-state index contributed by atoms with van der Waals surface area (Å²) in [5, 5.41) is 0. The summed E-state index contributed by atoms with van der Waals surface area (Å²) < 4.78 is 0. The summed E-state index contributed by atoms with van der Waals surface area (Å²) in [7, 11) is 0. The van der Waals surface area contributed by atoms with Crippen LogP contribution in [0.15, 0.2) is 30.3 Å². The first-order chi connectivity index (χ1) is 3.93. The second-order valence-electron chi connectivity index (χ2n) is 1.53. The minimum Gasteiger partial charge on any atom is -0.298 e. The summed E-state index contributed by atoms with van der Waals surface area (Å²) in [6.07, 6.45) is 0.833. The Morgan fingerprint density at radius 3 is 2.00 bits per heavy atom. The second kappa shape index (κ2) is 4.92. The molecule has 0 aliphatic heterocycles. The molecule has 0 fully saturated rings. The molecule has 0 aromatic heterocycles. The first-order valence-electron chi connectivity index (χ1n) is 2.44. The topological polar surface area (TPSA) is 17.1 Å². The number of aldehydes is 1. The Morgan fingerprint density at radius 2 is 1.67 bits per heavy atom. The number of carbonyl (C=O) groups excluding carboxylic acids is 1. The first kappa shape index (κ1) is 9.08. The quantitative estimate of drug-likeness (QED) is 0.685. The van der Waals surface area contributed by atoms with E-state index < -0.39 is 0 Å². The molecule has 0 aliphatic carbocycles. The van der Waals surface area contributed by atoms with Gasteiger partial charge in [-0.15, -0.1) is 0 Å². The van der Waals surface area contributed by atoms with Crippen LogP contribution < -0.4 is 0 Å². The van der Waals surface area contributed by atoms with E-state index in [4.69, 9.17) is 0 Å². The molecule has 0 N–H and O–H groups in total. The smallest absolute Gasteiger partial charge is 0.150 e. The third-order valence-corrected chi connectivity index (χ3v) is 0.936. The number of rotatable bonds is 1. The van der Waals surface area contributed by atoms with Crippen molar-refractivity contribution in [2.75, 3.05) is 0 Å². The van der Waals surface area contributed by atoms with E-state index in [9.17, 15) is 4.79 Å². The summed E-state index contributed by atoms with van der Waals surface area (Å²) >= 11 is 0. The summed E-state index contributed by atoms with van der Waals surface area (Å²) in [5.74, 6) is 0. The molecule has 1 aromatic carbocycles. The molecular weight excluding hydrogens is 239 g/mol. The molecule has 43 valence electrons. The van der Waals surface area contributed by atoms with Crippen molar-refractivity contribution in [1.29, 1.82) is 0 Å². The maximum absolute atomic E-state index is 10.0. The van der Waals surface area contributed by atoms with Crippen molar-refractivity contribution >= 4 is 6.29 Å².